The van der Waals surface area contributed by atoms with Gasteiger partial charge >= 0.3 is 0 Å². The summed E-state index contributed by atoms with van der Waals surface area (Å²) in [7, 11) is 0. The molecule has 1 aromatic rings. The molecule has 110 valence electrons. The van der Waals surface area contributed by atoms with Gasteiger partial charge in [0.25, 0.3) is 0 Å². The molecule has 20 heavy (non-hydrogen) atoms. The Hall–Kier alpha value is -0.0300. The Morgan fingerprint density at radius 2 is 2.05 bits per heavy atom. The summed E-state index contributed by atoms with van der Waals surface area (Å²) in [6, 6.07) is 8.61. The molecule has 0 aliphatic carbocycles. The highest BCUT2D eigenvalue weighted by Gasteiger charge is 2.36. The number of likely N-dealkylation sites (tertiary alicyclic amines) is 1. The summed E-state index contributed by atoms with van der Waals surface area (Å²) >= 11 is 5.50. The molecule has 1 N–H and O–H groups in total. The molecule has 2 aliphatic rings. The average molecular weight is 356 g/mol. The third kappa shape index (κ3) is 3.79. The second kappa shape index (κ2) is 6.39. The zero-order valence-corrected chi connectivity index (χ0v) is 14.1. The van der Waals surface area contributed by atoms with Crippen LogP contribution in [0.1, 0.15) is 18.4 Å². The summed E-state index contributed by atoms with van der Waals surface area (Å²) < 4.78 is 1.17. The molecule has 2 saturated heterocycles. The summed E-state index contributed by atoms with van der Waals surface area (Å²) in [4.78, 5) is 2.43. The normalized spacial score (nSPS) is 23.5. The molecule has 2 aliphatic heterocycles. The number of thioether (sulfide) groups is 1. The standard InChI is InChI=1S/C16H22BrNOS/c17-15-3-1-2-13(9-15)8-14-10-18(11-14)12-16(19)4-6-20-7-5-16/h1-3,9,14,19H,4-8,10-12H2. The Kier molecular flexibility index (Phi) is 4.75. The van der Waals surface area contributed by atoms with E-state index in [4.69, 9.17) is 0 Å². The molecule has 0 saturated carbocycles. The topological polar surface area (TPSA) is 23.5 Å². The third-order valence-corrected chi connectivity index (χ3v) is 5.87. The van der Waals surface area contributed by atoms with Crippen molar-refractivity contribution < 1.29 is 5.11 Å². The molecular weight excluding hydrogens is 334 g/mol. The minimum atomic E-state index is -0.411. The second-order valence-corrected chi connectivity index (χ2v) is 8.37. The van der Waals surface area contributed by atoms with Gasteiger partial charge in [0.15, 0.2) is 0 Å². The molecule has 2 nitrogen and oxygen atoms in total. The van der Waals surface area contributed by atoms with Crippen LogP contribution in [0.4, 0.5) is 0 Å². The molecule has 0 atom stereocenters. The number of aliphatic hydroxyl groups is 1. The van der Waals surface area contributed by atoms with Gasteiger partial charge < -0.3 is 5.11 Å². The van der Waals surface area contributed by atoms with Gasteiger partial charge in [0.1, 0.15) is 0 Å². The largest absolute Gasteiger partial charge is 0.388 e. The monoisotopic (exact) mass is 355 g/mol. The van der Waals surface area contributed by atoms with Crippen LogP contribution in [0.3, 0.4) is 0 Å². The van der Waals surface area contributed by atoms with E-state index < -0.39 is 5.60 Å². The summed E-state index contributed by atoms with van der Waals surface area (Å²) in [5, 5.41) is 10.6. The van der Waals surface area contributed by atoms with E-state index in [-0.39, 0.29) is 0 Å². The van der Waals surface area contributed by atoms with Crippen LogP contribution in [0.15, 0.2) is 28.7 Å². The van der Waals surface area contributed by atoms with Crippen molar-refractivity contribution >= 4 is 27.7 Å². The highest BCUT2D eigenvalue weighted by atomic mass is 79.9. The van der Waals surface area contributed by atoms with Gasteiger partial charge in [0.2, 0.25) is 0 Å². The second-order valence-electron chi connectivity index (χ2n) is 6.23. The highest BCUT2D eigenvalue weighted by Crippen LogP contribution is 2.30. The van der Waals surface area contributed by atoms with E-state index in [2.05, 4.69) is 45.1 Å². The molecule has 1 aromatic carbocycles. The lowest BCUT2D eigenvalue weighted by molar-refractivity contribution is -0.0360. The lowest BCUT2D eigenvalue weighted by atomic mass is 9.88. The minimum Gasteiger partial charge on any atom is -0.388 e. The molecule has 0 unspecified atom stereocenters. The Morgan fingerprint density at radius 3 is 2.75 bits per heavy atom. The van der Waals surface area contributed by atoms with Crippen LogP contribution in [0, 0.1) is 5.92 Å². The first-order chi connectivity index (χ1) is 9.63. The van der Waals surface area contributed by atoms with E-state index in [9.17, 15) is 5.11 Å². The zero-order valence-electron chi connectivity index (χ0n) is 11.7. The fraction of sp³-hybridized carbons (Fsp3) is 0.625. The van der Waals surface area contributed by atoms with E-state index in [1.807, 2.05) is 11.8 Å². The van der Waals surface area contributed by atoms with Gasteiger partial charge in [-0.1, -0.05) is 28.1 Å². The summed E-state index contributed by atoms with van der Waals surface area (Å²) in [5.74, 6) is 2.99. The number of rotatable bonds is 4. The van der Waals surface area contributed by atoms with Gasteiger partial charge in [0.05, 0.1) is 5.60 Å². The molecule has 2 heterocycles. The average Bonchev–Trinajstić information content (AvgIpc) is 2.37. The predicted molar refractivity (Wildman–Crippen MR) is 89.3 cm³/mol. The maximum Gasteiger partial charge on any atom is 0.0789 e. The molecule has 0 bridgehead atoms. The van der Waals surface area contributed by atoms with Gasteiger partial charge in [-0.15, -0.1) is 0 Å². The van der Waals surface area contributed by atoms with Crippen molar-refractivity contribution in [2.75, 3.05) is 31.1 Å². The smallest absolute Gasteiger partial charge is 0.0789 e. The molecule has 2 fully saturated rings. The first-order valence-corrected chi connectivity index (χ1v) is 9.35. The minimum absolute atomic E-state index is 0.411. The number of β-amino-alcohol motifs (C(OH)–C–C–N with tert-alkyl or cyclic N) is 1. The van der Waals surface area contributed by atoms with Crippen molar-refractivity contribution in [3.63, 3.8) is 0 Å². The number of benzene rings is 1. The summed E-state index contributed by atoms with van der Waals surface area (Å²) in [6.07, 6.45) is 3.08. The van der Waals surface area contributed by atoms with Crippen molar-refractivity contribution in [3.05, 3.63) is 34.3 Å². The molecule has 3 rings (SSSR count). The van der Waals surface area contributed by atoms with Crippen molar-refractivity contribution in [2.45, 2.75) is 24.9 Å². The van der Waals surface area contributed by atoms with Crippen LogP contribution in [0.25, 0.3) is 0 Å². The van der Waals surface area contributed by atoms with Crippen LogP contribution < -0.4 is 0 Å². The van der Waals surface area contributed by atoms with Gasteiger partial charge in [-0.3, -0.25) is 4.90 Å². The number of hydrogen-bond donors (Lipinski definition) is 1. The summed E-state index contributed by atoms with van der Waals surface area (Å²) in [6.45, 7) is 3.16. The summed E-state index contributed by atoms with van der Waals surface area (Å²) in [5.41, 5.74) is 1.00. The predicted octanol–water partition coefficient (Wildman–Crippen LogP) is 3.18. The lowest BCUT2D eigenvalue weighted by Crippen LogP contribution is -2.55. The van der Waals surface area contributed by atoms with Crippen molar-refractivity contribution in [3.8, 4) is 0 Å². The third-order valence-electron chi connectivity index (χ3n) is 4.39. The Morgan fingerprint density at radius 1 is 1.30 bits per heavy atom. The van der Waals surface area contributed by atoms with Crippen LogP contribution >= 0.6 is 27.7 Å². The lowest BCUT2D eigenvalue weighted by Gasteiger charge is -2.45. The first-order valence-electron chi connectivity index (χ1n) is 7.40. The fourth-order valence-corrected chi connectivity index (χ4v) is 4.96. The van der Waals surface area contributed by atoms with Crippen LogP contribution in [-0.4, -0.2) is 46.7 Å². The maximum absolute atomic E-state index is 10.6. The van der Waals surface area contributed by atoms with Gasteiger partial charge in [-0.25, -0.2) is 0 Å². The number of hydrogen-bond acceptors (Lipinski definition) is 3. The molecule has 4 heteroatoms. The van der Waals surface area contributed by atoms with E-state index in [1.165, 1.54) is 10.0 Å². The van der Waals surface area contributed by atoms with E-state index in [0.29, 0.717) is 0 Å². The van der Waals surface area contributed by atoms with E-state index in [0.717, 1.165) is 56.3 Å². The van der Waals surface area contributed by atoms with Gasteiger partial charge in [-0.2, -0.15) is 11.8 Å². The number of nitrogens with zero attached hydrogens (tertiary/aromatic N) is 1. The maximum atomic E-state index is 10.6. The molecule has 0 spiro atoms. The van der Waals surface area contributed by atoms with Crippen LogP contribution in [0.5, 0.6) is 0 Å². The first kappa shape index (κ1) is 14.9. The van der Waals surface area contributed by atoms with Crippen LogP contribution in [0.2, 0.25) is 0 Å². The highest BCUT2D eigenvalue weighted by molar-refractivity contribution is 9.10. The Bertz CT molecular complexity index is 456. The fourth-order valence-electron chi connectivity index (χ4n) is 3.26. The van der Waals surface area contributed by atoms with E-state index >= 15 is 0 Å². The molecular formula is C16H22BrNOS. The van der Waals surface area contributed by atoms with Crippen molar-refractivity contribution in [2.24, 2.45) is 5.92 Å². The van der Waals surface area contributed by atoms with Gasteiger partial charge in [-0.05, 0) is 54.4 Å². The van der Waals surface area contributed by atoms with E-state index in [1.54, 1.807) is 0 Å². The Labute approximate surface area is 134 Å². The quantitative estimate of drug-likeness (QED) is 0.896. The number of halogens is 1. The molecule has 0 amide bonds. The zero-order chi connectivity index (χ0) is 14.0. The van der Waals surface area contributed by atoms with Gasteiger partial charge in [0, 0.05) is 24.1 Å². The SMILES string of the molecule is OC1(CN2CC(Cc3cccc(Br)c3)C2)CCSCC1. The van der Waals surface area contributed by atoms with Crippen molar-refractivity contribution in [1.82, 2.24) is 4.90 Å². The molecule has 0 aromatic heterocycles. The van der Waals surface area contributed by atoms with Crippen LogP contribution in [-0.2, 0) is 6.42 Å². The molecule has 0 radical (unpaired) electrons. The van der Waals surface area contributed by atoms with Crippen molar-refractivity contribution in [1.29, 1.82) is 0 Å². The Balaban J connectivity index is 1.44.